The summed E-state index contributed by atoms with van der Waals surface area (Å²) in [6.07, 6.45) is -4.56. The summed E-state index contributed by atoms with van der Waals surface area (Å²) in [6, 6.07) is -0.0385. The molecule has 1 aromatic rings. The van der Waals surface area contributed by atoms with E-state index in [4.69, 9.17) is 14.2 Å². The number of rotatable bonds is 5. The van der Waals surface area contributed by atoms with E-state index in [0.717, 1.165) is 0 Å². The van der Waals surface area contributed by atoms with Crippen molar-refractivity contribution >= 4 is 15.9 Å². The van der Waals surface area contributed by atoms with Crippen LogP contribution in [0, 0.1) is 0 Å². The highest BCUT2D eigenvalue weighted by Crippen LogP contribution is 2.31. The molecule has 1 aromatic heterocycles. The summed E-state index contributed by atoms with van der Waals surface area (Å²) in [4.78, 5) is 17.7. The van der Waals surface area contributed by atoms with Gasteiger partial charge in [-0.25, -0.2) is 0 Å². The van der Waals surface area contributed by atoms with E-state index >= 15 is 0 Å². The van der Waals surface area contributed by atoms with Gasteiger partial charge in [-0.05, 0) is 22.9 Å². The molecule has 5 atom stereocenters. The van der Waals surface area contributed by atoms with E-state index < -0.39 is 36.2 Å². The molecule has 3 N–H and O–H groups in total. The van der Waals surface area contributed by atoms with Crippen LogP contribution >= 0.6 is 15.9 Å². The molecule has 2 aliphatic heterocycles. The van der Waals surface area contributed by atoms with Crippen molar-refractivity contribution in [2.24, 2.45) is 0 Å². The van der Waals surface area contributed by atoms with Crippen LogP contribution in [0.5, 0.6) is 6.01 Å². The first kappa shape index (κ1) is 20.6. The molecule has 2 aliphatic rings. The van der Waals surface area contributed by atoms with Gasteiger partial charge in [-0.2, -0.15) is 4.98 Å². The highest BCUT2D eigenvalue weighted by atomic mass is 79.9. The molecule has 2 fully saturated rings. The maximum atomic E-state index is 11.8. The predicted molar refractivity (Wildman–Crippen MR) is 96.6 cm³/mol. The monoisotopic (exact) mass is 449 g/mol. The Hall–Kier alpha value is -1.08. The van der Waals surface area contributed by atoms with Crippen LogP contribution in [-0.2, 0) is 9.47 Å². The van der Waals surface area contributed by atoms with E-state index in [1.807, 2.05) is 0 Å². The lowest BCUT2D eigenvalue weighted by atomic mass is 9.97. The van der Waals surface area contributed by atoms with Crippen molar-refractivity contribution in [3.8, 4) is 6.01 Å². The van der Waals surface area contributed by atoms with Crippen molar-refractivity contribution in [1.82, 2.24) is 14.5 Å². The summed E-state index contributed by atoms with van der Waals surface area (Å²) in [5.74, 6) is 0. The highest BCUT2D eigenvalue weighted by Gasteiger charge is 2.45. The SMILES string of the molecule is CCOc1nc(=O)c(Br)cn1[C@@H]1O[C@H](CN2CCOCC2)[C@@H](O)[C@H](O)[C@H]1O. The molecular formula is C16H24BrN3O7. The molecular weight excluding hydrogens is 426 g/mol. The Kier molecular flexibility index (Phi) is 6.84. The summed E-state index contributed by atoms with van der Waals surface area (Å²) < 4.78 is 18.1. The molecule has 0 radical (unpaired) electrons. The molecule has 0 saturated carbocycles. The zero-order valence-corrected chi connectivity index (χ0v) is 16.5. The number of aliphatic hydroxyl groups excluding tert-OH is 3. The molecule has 3 rings (SSSR count). The number of aliphatic hydroxyl groups is 3. The lowest BCUT2D eigenvalue weighted by Gasteiger charge is -2.43. The van der Waals surface area contributed by atoms with E-state index in [1.165, 1.54) is 10.8 Å². The van der Waals surface area contributed by atoms with Crippen LogP contribution in [0.4, 0.5) is 0 Å². The summed E-state index contributed by atoms with van der Waals surface area (Å²) in [7, 11) is 0. The predicted octanol–water partition coefficient (Wildman–Crippen LogP) is -1.28. The minimum Gasteiger partial charge on any atom is -0.465 e. The molecule has 11 heteroatoms. The Morgan fingerprint density at radius 2 is 1.96 bits per heavy atom. The maximum Gasteiger partial charge on any atom is 0.301 e. The van der Waals surface area contributed by atoms with Gasteiger partial charge >= 0.3 is 6.01 Å². The minimum absolute atomic E-state index is 0.0385. The van der Waals surface area contributed by atoms with Crippen LogP contribution in [0.15, 0.2) is 15.5 Å². The number of ether oxygens (including phenoxy) is 3. The number of morpholine rings is 1. The Bertz CT molecular complexity index is 697. The van der Waals surface area contributed by atoms with Crippen LogP contribution < -0.4 is 10.3 Å². The van der Waals surface area contributed by atoms with Crippen molar-refractivity contribution in [3.63, 3.8) is 0 Å². The molecule has 0 unspecified atom stereocenters. The van der Waals surface area contributed by atoms with E-state index in [2.05, 4.69) is 25.8 Å². The minimum atomic E-state index is -1.43. The largest absolute Gasteiger partial charge is 0.465 e. The Morgan fingerprint density at radius 3 is 2.63 bits per heavy atom. The molecule has 2 saturated heterocycles. The normalized spacial score (nSPS) is 32.4. The summed E-state index contributed by atoms with van der Waals surface area (Å²) in [5.41, 5.74) is -0.523. The fourth-order valence-corrected chi connectivity index (χ4v) is 3.51. The van der Waals surface area contributed by atoms with Crippen LogP contribution in [-0.4, -0.2) is 93.6 Å². The lowest BCUT2D eigenvalue weighted by Crippen LogP contribution is -2.59. The van der Waals surface area contributed by atoms with Gasteiger partial charge in [-0.15, -0.1) is 0 Å². The second-order valence-electron chi connectivity index (χ2n) is 6.47. The van der Waals surface area contributed by atoms with Gasteiger partial charge in [0.05, 0.1) is 19.8 Å². The molecule has 10 nitrogen and oxygen atoms in total. The number of hydrogen-bond donors (Lipinski definition) is 3. The third kappa shape index (κ3) is 4.50. The number of aromatic nitrogens is 2. The quantitative estimate of drug-likeness (QED) is 0.503. The van der Waals surface area contributed by atoms with Gasteiger partial charge in [0.25, 0.3) is 5.56 Å². The van der Waals surface area contributed by atoms with Gasteiger partial charge in [0, 0.05) is 25.8 Å². The fourth-order valence-electron chi connectivity index (χ4n) is 3.20. The van der Waals surface area contributed by atoms with Gasteiger partial charge in [0.2, 0.25) is 0 Å². The van der Waals surface area contributed by atoms with Crippen LogP contribution in [0.25, 0.3) is 0 Å². The van der Waals surface area contributed by atoms with Gasteiger partial charge in [0.1, 0.15) is 28.9 Å². The fraction of sp³-hybridized carbons (Fsp3) is 0.750. The number of nitrogens with zero attached hydrogens (tertiary/aromatic N) is 3. The summed E-state index contributed by atoms with van der Waals surface area (Å²) in [6.45, 7) is 4.89. The van der Waals surface area contributed by atoms with Crippen molar-refractivity contribution in [1.29, 1.82) is 0 Å². The molecule has 0 amide bonds. The Morgan fingerprint density at radius 1 is 1.26 bits per heavy atom. The zero-order chi connectivity index (χ0) is 19.6. The van der Waals surface area contributed by atoms with Gasteiger partial charge in [-0.1, -0.05) is 0 Å². The third-order valence-corrected chi connectivity index (χ3v) is 5.20. The first-order valence-electron chi connectivity index (χ1n) is 8.83. The van der Waals surface area contributed by atoms with Crippen molar-refractivity contribution < 1.29 is 29.5 Å². The number of hydrogen-bond acceptors (Lipinski definition) is 9. The van der Waals surface area contributed by atoms with Crippen LogP contribution in [0.2, 0.25) is 0 Å². The first-order valence-corrected chi connectivity index (χ1v) is 9.63. The van der Waals surface area contributed by atoms with Gasteiger partial charge < -0.3 is 29.5 Å². The smallest absolute Gasteiger partial charge is 0.301 e. The molecule has 0 bridgehead atoms. The second-order valence-corrected chi connectivity index (χ2v) is 7.32. The van der Waals surface area contributed by atoms with E-state index in [9.17, 15) is 20.1 Å². The molecule has 0 aliphatic carbocycles. The Labute approximate surface area is 164 Å². The van der Waals surface area contributed by atoms with Crippen LogP contribution in [0.1, 0.15) is 13.2 Å². The standard InChI is InChI=1S/C16H24BrN3O7/c1-2-26-16-18-14(24)9(17)7-20(16)15-13(23)12(22)11(21)10(27-15)8-19-3-5-25-6-4-19/h7,10-13,15,21-23H,2-6,8H2,1H3/t10-,11-,12+,13-,15-/m1/s1. The molecule has 27 heavy (non-hydrogen) atoms. The van der Waals surface area contributed by atoms with E-state index in [1.54, 1.807) is 6.92 Å². The molecule has 152 valence electrons. The third-order valence-electron chi connectivity index (χ3n) is 4.65. The molecule has 0 spiro atoms. The average Bonchev–Trinajstić information content (AvgIpc) is 2.66. The van der Waals surface area contributed by atoms with E-state index in [0.29, 0.717) is 32.8 Å². The molecule has 0 aromatic carbocycles. The van der Waals surface area contributed by atoms with Gasteiger partial charge in [-0.3, -0.25) is 14.3 Å². The first-order chi connectivity index (χ1) is 12.9. The second kappa shape index (κ2) is 8.95. The zero-order valence-electron chi connectivity index (χ0n) is 14.9. The van der Waals surface area contributed by atoms with Crippen molar-refractivity contribution in [2.45, 2.75) is 37.6 Å². The topological polar surface area (TPSA) is 127 Å². The van der Waals surface area contributed by atoms with Gasteiger partial charge in [0.15, 0.2) is 6.23 Å². The van der Waals surface area contributed by atoms with Crippen molar-refractivity contribution in [2.75, 3.05) is 39.5 Å². The average molecular weight is 450 g/mol. The van der Waals surface area contributed by atoms with Crippen LogP contribution in [0.3, 0.4) is 0 Å². The maximum absolute atomic E-state index is 11.8. The lowest BCUT2D eigenvalue weighted by molar-refractivity contribution is -0.249. The molecule has 3 heterocycles. The Balaban J connectivity index is 1.87. The van der Waals surface area contributed by atoms with Crippen molar-refractivity contribution in [3.05, 3.63) is 21.0 Å². The summed E-state index contributed by atoms with van der Waals surface area (Å²) in [5, 5.41) is 31.2. The summed E-state index contributed by atoms with van der Waals surface area (Å²) >= 11 is 3.12. The number of halogens is 1. The highest BCUT2D eigenvalue weighted by molar-refractivity contribution is 9.10. The van der Waals surface area contributed by atoms with E-state index in [-0.39, 0.29) is 17.1 Å².